The van der Waals surface area contributed by atoms with Crippen LogP contribution in [0.25, 0.3) is 0 Å². The number of fused-ring (bicyclic) bond motifs is 5. The van der Waals surface area contributed by atoms with Gasteiger partial charge in [-0.2, -0.15) is 0 Å². The minimum Gasteiger partial charge on any atom is -0.396 e. The van der Waals surface area contributed by atoms with Gasteiger partial charge in [0.2, 0.25) is 0 Å². The van der Waals surface area contributed by atoms with Crippen molar-refractivity contribution < 1.29 is 14.7 Å². The molecule has 3 fully saturated rings. The minimum atomic E-state index is 0.155. The first-order chi connectivity index (χ1) is 14.2. The first-order valence-electron chi connectivity index (χ1n) is 12.6. The van der Waals surface area contributed by atoms with Crippen molar-refractivity contribution in [1.29, 1.82) is 0 Å². The summed E-state index contributed by atoms with van der Waals surface area (Å²) in [6.07, 6.45) is 12.4. The molecule has 168 valence electrons. The molecule has 0 bridgehead atoms. The molecule has 0 aromatic carbocycles. The Morgan fingerprint density at radius 2 is 1.83 bits per heavy atom. The number of hydrogen-bond donors (Lipinski definition) is 1. The zero-order valence-electron chi connectivity index (χ0n) is 19.6. The summed E-state index contributed by atoms with van der Waals surface area (Å²) >= 11 is 0. The Balaban J connectivity index is 1.51. The fourth-order valence-corrected chi connectivity index (χ4v) is 8.40. The number of allylic oxidation sites excluding steroid dienone is 1. The van der Waals surface area contributed by atoms with Crippen LogP contribution in [0, 0.1) is 46.3 Å². The molecule has 3 nitrogen and oxygen atoms in total. The van der Waals surface area contributed by atoms with Gasteiger partial charge in [-0.3, -0.25) is 9.59 Å². The van der Waals surface area contributed by atoms with Crippen LogP contribution >= 0.6 is 0 Å². The van der Waals surface area contributed by atoms with Crippen LogP contribution in [0.5, 0.6) is 0 Å². The molecule has 0 spiro atoms. The van der Waals surface area contributed by atoms with Gasteiger partial charge in [0.15, 0.2) is 5.78 Å². The second kappa shape index (κ2) is 8.19. The van der Waals surface area contributed by atoms with E-state index in [2.05, 4.69) is 27.7 Å². The van der Waals surface area contributed by atoms with Gasteiger partial charge in [0.05, 0.1) is 0 Å². The summed E-state index contributed by atoms with van der Waals surface area (Å²) in [7, 11) is 0. The topological polar surface area (TPSA) is 54.4 Å². The van der Waals surface area contributed by atoms with E-state index in [1.807, 2.05) is 6.08 Å². The van der Waals surface area contributed by atoms with E-state index in [1.54, 1.807) is 0 Å². The smallest absolute Gasteiger partial charge is 0.155 e. The summed E-state index contributed by atoms with van der Waals surface area (Å²) in [5.74, 6) is 3.69. The van der Waals surface area contributed by atoms with Crippen molar-refractivity contribution in [1.82, 2.24) is 0 Å². The van der Waals surface area contributed by atoms with Gasteiger partial charge in [-0.15, -0.1) is 0 Å². The van der Waals surface area contributed by atoms with E-state index < -0.39 is 0 Å². The third-order valence-electron chi connectivity index (χ3n) is 10.1. The fourth-order valence-electron chi connectivity index (χ4n) is 8.40. The van der Waals surface area contributed by atoms with Crippen molar-refractivity contribution in [2.45, 2.75) is 91.9 Å². The molecule has 0 aliphatic heterocycles. The minimum absolute atomic E-state index is 0.155. The Morgan fingerprint density at radius 1 is 1.07 bits per heavy atom. The van der Waals surface area contributed by atoms with E-state index in [9.17, 15) is 14.7 Å². The van der Waals surface area contributed by atoms with Gasteiger partial charge in [0.25, 0.3) is 0 Å². The van der Waals surface area contributed by atoms with Gasteiger partial charge in [0.1, 0.15) is 5.78 Å². The monoisotopic (exact) mass is 414 g/mol. The van der Waals surface area contributed by atoms with Gasteiger partial charge >= 0.3 is 0 Å². The number of hydrogen-bond acceptors (Lipinski definition) is 3. The molecule has 1 N–H and O–H groups in total. The highest BCUT2D eigenvalue weighted by atomic mass is 16.3. The van der Waals surface area contributed by atoms with Crippen LogP contribution in [0.2, 0.25) is 0 Å². The van der Waals surface area contributed by atoms with Gasteiger partial charge in [-0.05, 0) is 91.4 Å². The summed E-state index contributed by atoms with van der Waals surface area (Å²) in [6, 6.07) is 0. The molecule has 3 heteroatoms. The van der Waals surface area contributed by atoms with Crippen molar-refractivity contribution >= 4 is 11.6 Å². The van der Waals surface area contributed by atoms with E-state index in [4.69, 9.17) is 0 Å². The molecule has 0 radical (unpaired) electrons. The zero-order valence-corrected chi connectivity index (χ0v) is 19.6. The number of Topliss-reactive ketones (excluding diaryl/α,β-unsaturated/α-hetero) is 1. The second-order valence-corrected chi connectivity index (χ2v) is 11.9. The highest BCUT2D eigenvalue weighted by Crippen LogP contribution is 2.66. The van der Waals surface area contributed by atoms with E-state index in [0.29, 0.717) is 47.6 Å². The second-order valence-electron chi connectivity index (χ2n) is 11.9. The quantitative estimate of drug-likeness (QED) is 0.602. The molecule has 0 amide bonds. The molecular weight excluding hydrogens is 372 g/mol. The summed E-state index contributed by atoms with van der Waals surface area (Å²) < 4.78 is 0. The Labute approximate surface area is 183 Å². The largest absolute Gasteiger partial charge is 0.396 e. The predicted molar refractivity (Wildman–Crippen MR) is 120 cm³/mol. The van der Waals surface area contributed by atoms with Crippen LogP contribution < -0.4 is 0 Å². The normalized spacial score (nSPS) is 42.8. The first-order valence-corrected chi connectivity index (χ1v) is 12.6. The van der Waals surface area contributed by atoms with E-state index in [0.717, 1.165) is 38.5 Å². The van der Waals surface area contributed by atoms with Gasteiger partial charge in [-0.1, -0.05) is 39.7 Å². The van der Waals surface area contributed by atoms with Crippen molar-refractivity contribution in [3.05, 3.63) is 11.6 Å². The number of ketones is 2. The summed E-state index contributed by atoms with van der Waals surface area (Å²) in [6.45, 7) is 9.54. The van der Waals surface area contributed by atoms with Gasteiger partial charge in [0, 0.05) is 25.4 Å². The summed E-state index contributed by atoms with van der Waals surface area (Å²) in [5, 5.41) is 9.30. The first kappa shape index (κ1) is 22.2. The van der Waals surface area contributed by atoms with Gasteiger partial charge in [-0.25, -0.2) is 0 Å². The van der Waals surface area contributed by atoms with E-state index in [1.165, 1.54) is 24.8 Å². The average Bonchev–Trinajstić information content (AvgIpc) is 2.98. The average molecular weight is 415 g/mol. The molecule has 0 aromatic rings. The van der Waals surface area contributed by atoms with E-state index >= 15 is 0 Å². The third-order valence-corrected chi connectivity index (χ3v) is 10.1. The molecule has 4 aliphatic carbocycles. The molecule has 30 heavy (non-hydrogen) atoms. The lowest BCUT2D eigenvalue weighted by molar-refractivity contribution is -0.125. The van der Waals surface area contributed by atoms with Crippen molar-refractivity contribution in [2.75, 3.05) is 6.61 Å². The lowest BCUT2D eigenvalue weighted by atomic mass is 9.46. The van der Waals surface area contributed by atoms with Crippen molar-refractivity contribution in [3.63, 3.8) is 0 Å². The van der Waals surface area contributed by atoms with Crippen molar-refractivity contribution in [2.24, 2.45) is 46.3 Å². The molecule has 4 aliphatic rings. The lowest BCUT2D eigenvalue weighted by Crippen LogP contribution is -2.51. The van der Waals surface area contributed by atoms with Gasteiger partial charge < -0.3 is 5.11 Å². The number of aliphatic hydroxyl groups is 1. The maximum atomic E-state index is 13.3. The SMILES string of the molecule is CC(CO)CCC[C@@H](C)[C@H]1C(=O)C[C@H]2[C@@H]3CCC4=CC(=O)CC[C@]4(C)[C@H]3CC[C@]12C. The van der Waals surface area contributed by atoms with Crippen LogP contribution in [-0.2, 0) is 9.59 Å². The lowest BCUT2D eigenvalue weighted by Gasteiger charge is -2.58. The van der Waals surface area contributed by atoms with Crippen molar-refractivity contribution in [3.8, 4) is 0 Å². The molecular formula is C27H42O3. The molecule has 3 saturated carbocycles. The third kappa shape index (κ3) is 3.53. The maximum Gasteiger partial charge on any atom is 0.155 e. The standard InChI is InChI=1S/C27H42O3/c1-17(16-28)6-5-7-18(2)25-24(30)15-23-21-9-8-19-14-20(29)10-12-26(19,3)22(21)11-13-27(23,25)4/h14,17-18,21-23,25,28H,5-13,15-16H2,1-4H3/t17?,18-,21-,22+,23+,25+,26+,27+/m1/s1. The van der Waals surface area contributed by atoms with Crippen LogP contribution in [-0.4, -0.2) is 23.3 Å². The summed E-state index contributed by atoms with van der Waals surface area (Å²) in [4.78, 5) is 25.4. The maximum absolute atomic E-state index is 13.3. The molecule has 1 unspecified atom stereocenters. The zero-order chi connectivity index (χ0) is 21.7. The molecule has 0 heterocycles. The van der Waals surface area contributed by atoms with E-state index in [-0.39, 0.29) is 23.4 Å². The van der Waals surface area contributed by atoms with Crippen LogP contribution in [0.15, 0.2) is 11.6 Å². The number of carbonyl (C=O) groups is 2. The molecule has 0 aromatic heterocycles. The molecule has 0 saturated heterocycles. The highest BCUT2D eigenvalue weighted by Gasteiger charge is 2.61. The Morgan fingerprint density at radius 3 is 2.57 bits per heavy atom. The number of aliphatic hydroxyl groups excluding tert-OH is 1. The Bertz CT molecular complexity index is 724. The Hall–Kier alpha value is -0.960. The highest BCUT2D eigenvalue weighted by molar-refractivity contribution is 5.91. The Kier molecular flexibility index (Phi) is 6.07. The van der Waals surface area contributed by atoms with Crippen LogP contribution in [0.3, 0.4) is 0 Å². The summed E-state index contributed by atoms with van der Waals surface area (Å²) in [5.41, 5.74) is 1.75. The predicted octanol–water partition coefficient (Wildman–Crippen LogP) is 5.75. The molecule has 4 rings (SSSR count). The van der Waals surface area contributed by atoms with Crippen LogP contribution in [0.1, 0.15) is 91.9 Å². The fraction of sp³-hybridized carbons (Fsp3) is 0.852. The number of carbonyl (C=O) groups excluding carboxylic acids is 2. The number of rotatable bonds is 6. The molecule has 8 atom stereocenters. The van der Waals surface area contributed by atoms with Crippen LogP contribution in [0.4, 0.5) is 0 Å².